The van der Waals surface area contributed by atoms with E-state index in [1.54, 1.807) is 13.0 Å². The number of aromatic nitrogens is 2. The number of halogens is 1. The Kier molecular flexibility index (Phi) is 3.74. The molecule has 0 bridgehead atoms. The van der Waals surface area contributed by atoms with Gasteiger partial charge in [0.2, 0.25) is 0 Å². The molecule has 7 heteroatoms. The molecule has 0 atom stereocenters. The second-order valence-electron chi connectivity index (χ2n) is 3.82. The fourth-order valence-electron chi connectivity index (χ4n) is 1.55. The maximum Gasteiger partial charge on any atom is 0.284 e. The molecule has 0 saturated heterocycles. The highest BCUT2D eigenvalue weighted by Crippen LogP contribution is 2.15. The standard InChI is InChI=1S/C12H13FN4O2/c1-2-8-10(13)12(17-6-16-8)15-5-7-3-4-9(19-7)11(14)18/h3-4,6H,2,5H2,1H3,(H2,14,18)(H,15,16,17). The summed E-state index contributed by atoms with van der Waals surface area (Å²) in [6.07, 6.45) is 1.77. The van der Waals surface area contributed by atoms with Gasteiger partial charge < -0.3 is 15.5 Å². The summed E-state index contributed by atoms with van der Waals surface area (Å²) < 4.78 is 19.0. The zero-order valence-electron chi connectivity index (χ0n) is 10.3. The van der Waals surface area contributed by atoms with Crippen LogP contribution in [0.5, 0.6) is 0 Å². The molecule has 0 unspecified atom stereocenters. The van der Waals surface area contributed by atoms with Crippen molar-refractivity contribution in [3.8, 4) is 0 Å². The van der Waals surface area contributed by atoms with Gasteiger partial charge in [-0.1, -0.05) is 6.92 Å². The molecule has 3 N–H and O–H groups in total. The number of rotatable bonds is 5. The summed E-state index contributed by atoms with van der Waals surface area (Å²) in [5.41, 5.74) is 5.41. The largest absolute Gasteiger partial charge is 0.454 e. The van der Waals surface area contributed by atoms with Crippen LogP contribution in [0.3, 0.4) is 0 Å². The third-order valence-electron chi connectivity index (χ3n) is 2.53. The number of carbonyl (C=O) groups excluding carboxylic acids is 1. The highest BCUT2D eigenvalue weighted by atomic mass is 19.1. The lowest BCUT2D eigenvalue weighted by atomic mass is 10.3. The van der Waals surface area contributed by atoms with Crippen LogP contribution < -0.4 is 11.1 Å². The molecule has 2 rings (SSSR count). The molecule has 0 aromatic carbocycles. The van der Waals surface area contributed by atoms with Crippen molar-refractivity contribution in [2.75, 3.05) is 5.32 Å². The molecule has 2 aromatic rings. The Bertz CT molecular complexity index is 597. The Labute approximate surface area is 108 Å². The molecule has 2 heterocycles. The van der Waals surface area contributed by atoms with E-state index < -0.39 is 11.7 Å². The van der Waals surface area contributed by atoms with Crippen molar-refractivity contribution < 1.29 is 13.6 Å². The molecule has 2 aromatic heterocycles. The van der Waals surface area contributed by atoms with Gasteiger partial charge >= 0.3 is 0 Å². The summed E-state index contributed by atoms with van der Waals surface area (Å²) in [5, 5.41) is 2.78. The van der Waals surface area contributed by atoms with Crippen LogP contribution in [0.1, 0.15) is 28.9 Å². The fourth-order valence-corrected chi connectivity index (χ4v) is 1.55. The van der Waals surface area contributed by atoms with E-state index in [2.05, 4.69) is 15.3 Å². The number of hydrogen-bond acceptors (Lipinski definition) is 5. The lowest BCUT2D eigenvalue weighted by molar-refractivity contribution is 0.0972. The first kappa shape index (κ1) is 13.0. The average Bonchev–Trinajstić information content (AvgIpc) is 2.86. The van der Waals surface area contributed by atoms with Gasteiger partial charge in [0, 0.05) is 0 Å². The van der Waals surface area contributed by atoms with E-state index in [0.29, 0.717) is 17.9 Å². The SMILES string of the molecule is CCc1ncnc(NCc2ccc(C(N)=O)o2)c1F. The highest BCUT2D eigenvalue weighted by molar-refractivity contribution is 5.89. The Morgan fingerprint density at radius 2 is 2.26 bits per heavy atom. The van der Waals surface area contributed by atoms with Gasteiger partial charge in [-0.15, -0.1) is 0 Å². The second-order valence-corrected chi connectivity index (χ2v) is 3.82. The summed E-state index contributed by atoms with van der Waals surface area (Å²) in [4.78, 5) is 18.5. The fraction of sp³-hybridized carbons (Fsp3) is 0.250. The number of aryl methyl sites for hydroxylation is 1. The number of anilines is 1. The summed E-state index contributed by atoms with van der Waals surface area (Å²) in [7, 11) is 0. The lowest BCUT2D eigenvalue weighted by Gasteiger charge is -2.06. The van der Waals surface area contributed by atoms with Crippen LogP contribution >= 0.6 is 0 Å². The van der Waals surface area contributed by atoms with Crippen molar-refractivity contribution in [3.63, 3.8) is 0 Å². The molecule has 0 aliphatic carbocycles. The number of furan rings is 1. The second kappa shape index (κ2) is 5.47. The quantitative estimate of drug-likeness (QED) is 0.853. The van der Waals surface area contributed by atoms with Crippen LogP contribution in [0.25, 0.3) is 0 Å². The highest BCUT2D eigenvalue weighted by Gasteiger charge is 2.11. The van der Waals surface area contributed by atoms with Gasteiger partial charge in [0.1, 0.15) is 12.1 Å². The number of nitrogens with zero attached hydrogens (tertiary/aromatic N) is 2. The van der Waals surface area contributed by atoms with E-state index in [-0.39, 0.29) is 18.1 Å². The van der Waals surface area contributed by atoms with Crippen molar-refractivity contribution in [2.24, 2.45) is 5.73 Å². The summed E-state index contributed by atoms with van der Waals surface area (Å²) in [6.45, 7) is 2.01. The van der Waals surface area contributed by atoms with Gasteiger partial charge in [0.15, 0.2) is 17.4 Å². The Balaban J connectivity index is 2.08. The minimum atomic E-state index is -0.646. The minimum Gasteiger partial charge on any atom is -0.454 e. The van der Waals surface area contributed by atoms with E-state index in [0.717, 1.165) is 0 Å². The monoisotopic (exact) mass is 264 g/mol. The summed E-state index contributed by atoms with van der Waals surface area (Å²) in [5.74, 6) is -0.498. The van der Waals surface area contributed by atoms with Crippen molar-refractivity contribution >= 4 is 11.7 Å². The number of carbonyl (C=O) groups is 1. The Morgan fingerprint density at radius 3 is 2.89 bits per heavy atom. The van der Waals surface area contributed by atoms with E-state index >= 15 is 0 Å². The minimum absolute atomic E-state index is 0.0641. The molecule has 0 radical (unpaired) electrons. The Hall–Kier alpha value is -2.44. The van der Waals surface area contributed by atoms with Crippen LogP contribution in [-0.2, 0) is 13.0 Å². The molecule has 1 amide bonds. The molecule has 100 valence electrons. The number of hydrogen-bond donors (Lipinski definition) is 2. The van der Waals surface area contributed by atoms with Crippen molar-refractivity contribution in [1.82, 2.24) is 9.97 Å². The van der Waals surface area contributed by atoms with Gasteiger partial charge in [-0.2, -0.15) is 0 Å². The molecule has 0 fully saturated rings. The van der Waals surface area contributed by atoms with Crippen LogP contribution in [0, 0.1) is 5.82 Å². The van der Waals surface area contributed by atoms with Crippen molar-refractivity contribution in [1.29, 1.82) is 0 Å². The van der Waals surface area contributed by atoms with E-state index in [1.165, 1.54) is 12.4 Å². The van der Waals surface area contributed by atoms with Crippen molar-refractivity contribution in [2.45, 2.75) is 19.9 Å². The maximum atomic E-state index is 13.8. The number of nitrogens with one attached hydrogen (secondary N) is 1. The average molecular weight is 264 g/mol. The van der Waals surface area contributed by atoms with Crippen LogP contribution in [0.15, 0.2) is 22.9 Å². The molecular formula is C12H13FN4O2. The number of primary amides is 1. The molecule has 6 nitrogen and oxygen atoms in total. The zero-order chi connectivity index (χ0) is 13.8. The summed E-state index contributed by atoms with van der Waals surface area (Å²) >= 11 is 0. The van der Waals surface area contributed by atoms with Gasteiger partial charge in [0.25, 0.3) is 5.91 Å². The molecule has 0 spiro atoms. The normalized spacial score (nSPS) is 10.4. The van der Waals surface area contributed by atoms with Crippen LogP contribution in [0.4, 0.5) is 10.2 Å². The van der Waals surface area contributed by atoms with Crippen LogP contribution in [0.2, 0.25) is 0 Å². The van der Waals surface area contributed by atoms with Crippen LogP contribution in [-0.4, -0.2) is 15.9 Å². The predicted molar refractivity (Wildman–Crippen MR) is 65.9 cm³/mol. The third kappa shape index (κ3) is 2.87. The van der Waals surface area contributed by atoms with Gasteiger partial charge in [-0.3, -0.25) is 4.79 Å². The van der Waals surface area contributed by atoms with E-state index in [9.17, 15) is 9.18 Å². The Morgan fingerprint density at radius 1 is 1.47 bits per heavy atom. The predicted octanol–water partition coefficient (Wildman–Crippen LogP) is 1.48. The van der Waals surface area contributed by atoms with E-state index in [4.69, 9.17) is 10.2 Å². The van der Waals surface area contributed by atoms with Crippen molar-refractivity contribution in [3.05, 3.63) is 41.5 Å². The first-order chi connectivity index (χ1) is 9.11. The molecule has 0 aliphatic heterocycles. The summed E-state index contributed by atoms with van der Waals surface area (Å²) in [6, 6.07) is 3.06. The number of amides is 1. The maximum absolute atomic E-state index is 13.8. The first-order valence-electron chi connectivity index (χ1n) is 5.73. The zero-order valence-corrected chi connectivity index (χ0v) is 10.3. The van der Waals surface area contributed by atoms with Gasteiger partial charge in [-0.25, -0.2) is 14.4 Å². The van der Waals surface area contributed by atoms with Gasteiger partial charge in [0.05, 0.1) is 12.2 Å². The van der Waals surface area contributed by atoms with E-state index in [1.807, 2.05) is 0 Å². The molecule has 19 heavy (non-hydrogen) atoms. The molecule has 0 saturated carbocycles. The van der Waals surface area contributed by atoms with Gasteiger partial charge in [-0.05, 0) is 18.6 Å². The third-order valence-corrected chi connectivity index (χ3v) is 2.53. The smallest absolute Gasteiger partial charge is 0.284 e. The topological polar surface area (TPSA) is 94.0 Å². The number of nitrogens with two attached hydrogens (primary N) is 1. The lowest BCUT2D eigenvalue weighted by Crippen LogP contribution is -2.09. The molecule has 0 aliphatic rings. The first-order valence-corrected chi connectivity index (χ1v) is 5.73. The molecular weight excluding hydrogens is 251 g/mol.